The maximum atomic E-state index is 12.0. The quantitative estimate of drug-likeness (QED) is 0.793. The monoisotopic (exact) mass is 285 g/mol. The first-order valence-electron chi connectivity index (χ1n) is 5.69. The van der Waals surface area contributed by atoms with E-state index in [-0.39, 0.29) is 24.6 Å². The predicted molar refractivity (Wildman–Crippen MR) is 66.8 cm³/mol. The topological polar surface area (TPSA) is 97.4 Å². The molecule has 2 heterocycles. The normalized spacial score (nSPS) is 11.9. The standard InChI is InChI=1S/C11H15N3O4S/c1-9-2-3-10(18-9)6-13-19(16,17)11-7-12-14(8-11)4-5-15/h2-3,7-8,13,15H,4-6H2,1H3. The molecule has 0 aromatic carbocycles. The van der Waals surface area contributed by atoms with Crippen molar-refractivity contribution < 1.29 is 17.9 Å². The van der Waals surface area contributed by atoms with Gasteiger partial charge in [0.25, 0.3) is 0 Å². The number of aromatic nitrogens is 2. The molecule has 2 rings (SSSR count). The van der Waals surface area contributed by atoms with Gasteiger partial charge in [0.2, 0.25) is 10.0 Å². The van der Waals surface area contributed by atoms with Gasteiger partial charge in [0.05, 0.1) is 25.9 Å². The molecular weight excluding hydrogens is 270 g/mol. The van der Waals surface area contributed by atoms with Gasteiger partial charge in [0, 0.05) is 6.20 Å². The smallest absolute Gasteiger partial charge is 0.244 e. The summed E-state index contributed by atoms with van der Waals surface area (Å²) < 4.78 is 33.0. The van der Waals surface area contributed by atoms with Gasteiger partial charge >= 0.3 is 0 Å². The van der Waals surface area contributed by atoms with Crippen molar-refractivity contribution in [1.82, 2.24) is 14.5 Å². The van der Waals surface area contributed by atoms with E-state index in [1.165, 1.54) is 17.1 Å². The first-order chi connectivity index (χ1) is 9.01. The molecule has 7 nitrogen and oxygen atoms in total. The van der Waals surface area contributed by atoms with E-state index in [2.05, 4.69) is 9.82 Å². The van der Waals surface area contributed by atoms with Crippen molar-refractivity contribution in [3.8, 4) is 0 Å². The molecule has 0 radical (unpaired) electrons. The Labute approximate surface area is 110 Å². The molecular formula is C11H15N3O4S. The summed E-state index contributed by atoms with van der Waals surface area (Å²) in [6.45, 7) is 2.03. The maximum Gasteiger partial charge on any atom is 0.244 e. The summed E-state index contributed by atoms with van der Waals surface area (Å²) in [6, 6.07) is 3.48. The number of hydrogen-bond acceptors (Lipinski definition) is 5. The lowest BCUT2D eigenvalue weighted by atomic mass is 10.4. The zero-order valence-corrected chi connectivity index (χ0v) is 11.2. The second-order valence-corrected chi connectivity index (χ2v) is 5.77. The molecule has 0 atom stereocenters. The summed E-state index contributed by atoms with van der Waals surface area (Å²) in [6.07, 6.45) is 2.61. The minimum atomic E-state index is -3.62. The van der Waals surface area contributed by atoms with Crippen LogP contribution in [-0.4, -0.2) is 29.9 Å². The number of nitrogens with one attached hydrogen (secondary N) is 1. The van der Waals surface area contributed by atoms with E-state index in [0.29, 0.717) is 5.76 Å². The summed E-state index contributed by atoms with van der Waals surface area (Å²) >= 11 is 0. The van der Waals surface area contributed by atoms with Crippen LogP contribution in [0.1, 0.15) is 11.5 Å². The van der Waals surface area contributed by atoms with Crippen molar-refractivity contribution in [3.63, 3.8) is 0 Å². The first-order valence-corrected chi connectivity index (χ1v) is 7.18. The second kappa shape index (κ2) is 5.55. The molecule has 19 heavy (non-hydrogen) atoms. The van der Waals surface area contributed by atoms with Gasteiger partial charge in [-0.15, -0.1) is 0 Å². The molecule has 8 heteroatoms. The van der Waals surface area contributed by atoms with Crippen molar-refractivity contribution in [3.05, 3.63) is 36.0 Å². The second-order valence-electron chi connectivity index (χ2n) is 4.00. The van der Waals surface area contributed by atoms with Crippen LogP contribution in [0.25, 0.3) is 0 Å². The summed E-state index contributed by atoms with van der Waals surface area (Å²) in [4.78, 5) is 0.0595. The molecule has 0 saturated heterocycles. The van der Waals surface area contributed by atoms with Gasteiger partial charge in [-0.2, -0.15) is 5.10 Å². The molecule has 2 N–H and O–H groups in total. The molecule has 0 unspecified atom stereocenters. The summed E-state index contributed by atoms with van der Waals surface area (Å²) in [5.41, 5.74) is 0. The average Bonchev–Trinajstić information content (AvgIpc) is 2.97. The average molecular weight is 285 g/mol. The zero-order valence-electron chi connectivity index (χ0n) is 10.4. The summed E-state index contributed by atoms with van der Waals surface area (Å²) in [5, 5.41) is 12.6. The zero-order chi connectivity index (χ0) is 13.9. The molecule has 104 valence electrons. The van der Waals surface area contributed by atoms with Crippen molar-refractivity contribution in [2.24, 2.45) is 0 Å². The van der Waals surface area contributed by atoms with Gasteiger partial charge in [-0.1, -0.05) is 0 Å². The number of aryl methyl sites for hydroxylation is 1. The van der Waals surface area contributed by atoms with Gasteiger partial charge in [-0.05, 0) is 19.1 Å². The van der Waals surface area contributed by atoms with Gasteiger partial charge in [-0.25, -0.2) is 13.1 Å². The van der Waals surface area contributed by atoms with Crippen LogP contribution in [0.3, 0.4) is 0 Å². The number of sulfonamides is 1. The summed E-state index contributed by atoms with van der Waals surface area (Å²) in [5.74, 6) is 1.27. The molecule has 0 fully saturated rings. The fraction of sp³-hybridized carbons (Fsp3) is 0.364. The third-order valence-corrected chi connectivity index (χ3v) is 3.84. The van der Waals surface area contributed by atoms with E-state index < -0.39 is 10.0 Å². The molecule has 0 saturated carbocycles. The fourth-order valence-electron chi connectivity index (χ4n) is 1.54. The van der Waals surface area contributed by atoms with Gasteiger partial charge in [0.15, 0.2) is 0 Å². The van der Waals surface area contributed by atoms with E-state index in [0.717, 1.165) is 5.76 Å². The molecule has 0 bridgehead atoms. The Morgan fingerprint density at radius 1 is 1.47 bits per heavy atom. The molecule has 0 aliphatic carbocycles. The van der Waals surface area contributed by atoms with E-state index in [4.69, 9.17) is 9.52 Å². The van der Waals surface area contributed by atoms with Crippen molar-refractivity contribution in [2.75, 3.05) is 6.61 Å². The number of rotatable bonds is 6. The minimum absolute atomic E-state index is 0.0595. The van der Waals surface area contributed by atoms with Gasteiger partial charge in [0.1, 0.15) is 16.4 Å². The SMILES string of the molecule is Cc1ccc(CNS(=O)(=O)c2cnn(CCO)c2)o1. The number of hydrogen-bond donors (Lipinski definition) is 2. The van der Waals surface area contributed by atoms with E-state index >= 15 is 0 Å². The Morgan fingerprint density at radius 2 is 2.26 bits per heavy atom. The van der Waals surface area contributed by atoms with Crippen molar-refractivity contribution >= 4 is 10.0 Å². The van der Waals surface area contributed by atoms with Gasteiger partial charge < -0.3 is 9.52 Å². The predicted octanol–water partition coefficient (Wildman–Crippen LogP) is 0.255. The van der Waals surface area contributed by atoms with Crippen LogP contribution in [0, 0.1) is 6.92 Å². The Balaban J connectivity index is 2.04. The van der Waals surface area contributed by atoms with Crippen LogP contribution >= 0.6 is 0 Å². The maximum absolute atomic E-state index is 12.0. The lowest BCUT2D eigenvalue weighted by molar-refractivity contribution is 0.269. The van der Waals surface area contributed by atoms with Crippen LogP contribution < -0.4 is 4.72 Å². The lowest BCUT2D eigenvalue weighted by Crippen LogP contribution is -2.22. The largest absolute Gasteiger partial charge is 0.465 e. The molecule has 2 aromatic rings. The highest BCUT2D eigenvalue weighted by Gasteiger charge is 2.16. The summed E-state index contributed by atoms with van der Waals surface area (Å²) in [7, 11) is -3.62. The molecule has 2 aromatic heterocycles. The highest BCUT2D eigenvalue weighted by molar-refractivity contribution is 7.89. The van der Waals surface area contributed by atoms with Crippen LogP contribution in [0.2, 0.25) is 0 Å². The molecule has 0 aliphatic heterocycles. The van der Waals surface area contributed by atoms with Crippen LogP contribution in [0.15, 0.2) is 33.8 Å². The molecule has 0 aliphatic rings. The lowest BCUT2D eigenvalue weighted by Gasteiger charge is -2.02. The van der Waals surface area contributed by atoms with Crippen LogP contribution in [0.4, 0.5) is 0 Å². The Morgan fingerprint density at radius 3 is 2.89 bits per heavy atom. The van der Waals surface area contributed by atoms with E-state index in [1.807, 2.05) is 0 Å². The number of aliphatic hydroxyl groups is 1. The minimum Gasteiger partial charge on any atom is -0.465 e. The Bertz CT molecular complexity index is 644. The van der Waals surface area contributed by atoms with Crippen molar-refractivity contribution in [1.29, 1.82) is 0 Å². The third kappa shape index (κ3) is 3.43. The highest BCUT2D eigenvalue weighted by Crippen LogP contribution is 2.10. The number of furan rings is 1. The number of nitrogens with zero attached hydrogens (tertiary/aromatic N) is 2. The molecule has 0 amide bonds. The number of aliphatic hydroxyl groups excluding tert-OH is 1. The fourth-order valence-corrected chi connectivity index (χ4v) is 2.48. The van der Waals surface area contributed by atoms with Crippen molar-refractivity contribution in [2.45, 2.75) is 24.9 Å². The van der Waals surface area contributed by atoms with Crippen LogP contribution in [0.5, 0.6) is 0 Å². The van der Waals surface area contributed by atoms with Gasteiger partial charge in [-0.3, -0.25) is 4.68 Å². The first kappa shape index (κ1) is 13.8. The molecule has 0 spiro atoms. The Hall–Kier alpha value is -1.64. The van der Waals surface area contributed by atoms with E-state index in [1.54, 1.807) is 19.1 Å². The Kier molecular flexibility index (Phi) is 4.03. The third-order valence-electron chi connectivity index (χ3n) is 2.48. The highest BCUT2D eigenvalue weighted by atomic mass is 32.2. The van der Waals surface area contributed by atoms with Crippen LogP contribution in [-0.2, 0) is 23.1 Å². The van der Waals surface area contributed by atoms with E-state index in [9.17, 15) is 8.42 Å².